The minimum absolute atomic E-state index is 0.148. The molecule has 4 heteroatoms. The number of hydrogen-bond acceptors (Lipinski definition) is 1. The van der Waals surface area contributed by atoms with Crippen LogP contribution in [0.15, 0.2) is 22.7 Å². The number of carboxylic acid groups (broad SMARTS) is 1. The van der Waals surface area contributed by atoms with Crippen molar-refractivity contribution in [3.05, 3.63) is 34.1 Å². The summed E-state index contributed by atoms with van der Waals surface area (Å²) in [6.45, 7) is 2.18. The number of aliphatic carboxylic acids is 1. The Balaban J connectivity index is 2.13. The van der Waals surface area contributed by atoms with Gasteiger partial charge < -0.3 is 5.11 Å². The third-order valence-electron chi connectivity index (χ3n) is 4.60. The molecular formula is C17H22BrFO2. The van der Waals surface area contributed by atoms with Crippen LogP contribution in [0.25, 0.3) is 0 Å². The Kier molecular flexibility index (Phi) is 5.80. The number of halogens is 2. The molecule has 0 amide bonds. The van der Waals surface area contributed by atoms with Gasteiger partial charge in [-0.25, -0.2) is 4.39 Å². The third-order valence-corrected chi connectivity index (χ3v) is 5.34. The first kappa shape index (κ1) is 16.5. The highest BCUT2D eigenvalue weighted by atomic mass is 79.9. The van der Waals surface area contributed by atoms with Crippen molar-refractivity contribution in [2.75, 3.05) is 0 Å². The second-order valence-corrected chi connectivity index (χ2v) is 6.97. The van der Waals surface area contributed by atoms with Crippen LogP contribution in [0, 0.1) is 23.6 Å². The summed E-state index contributed by atoms with van der Waals surface area (Å²) in [5, 5.41) is 9.44. The molecule has 0 radical (unpaired) electrons. The van der Waals surface area contributed by atoms with Gasteiger partial charge in [-0.15, -0.1) is 0 Å². The van der Waals surface area contributed by atoms with Gasteiger partial charge in [-0.3, -0.25) is 4.79 Å². The number of hydrogen-bond donors (Lipinski definition) is 1. The highest BCUT2D eigenvalue weighted by Crippen LogP contribution is 2.39. The molecular weight excluding hydrogens is 335 g/mol. The maximum absolute atomic E-state index is 13.2. The highest BCUT2D eigenvalue weighted by Gasteiger charge is 2.34. The Morgan fingerprint density at radius 3 is 2.81 bits per heavy atom. The van der Waals surface area contributed by atoms with Crippen molar-refractivity contribution in [1.29, 1.82) is 0 Å². The molecule has 0 bridgehead atoms. The Bertz CT molecular complexity index is 504. The van der Waals surface area contributed by atoms with Crippen molar-refractivity contribution in [2.45, 2.75) is 45.4 Å². The Morgan fingerprint density at radius 1 is 1.43 bits per heavy atom. The Morgan fingerprint density at radius 2 is 2.19 bits per heavy atom. The van der Waals surface area contributed by atoms with Gasteiger partial charge in [0.1, 0.15) is 5.82 Å². The highest BCUT2D eigenvalue weighted by molar-refractivity contribution is 9.10. The summed E-state index contributed by atoms with van der Waals surface area (Å²) in [6.07, 6.45) is 5.78. The summed E-state index contributed by atoms with van der Waals surface area (Å²) >= 11 is 3.39. The number of rotatable bonds is 5. The molecule has 116 valence electrons. The minimum Gasteiger partial charge on any atom is -0.481 e. The fraction of sp³-hybridized carbons (Fsp3) is 0.588. The normalized spacial score (nSPS) is 25.8. The average molecular weight is 357 g/mol. The van der Waals surface area contributed by atoms with Gasteiger partial charge in [0.05, 0.1) is 5.92 Å². The van der Waals surface area contributed by atoms with E-state index in [2.05, 4.69) is 22.9 Å². The SMILES string of the molecule is CCCC1CCC(C(=O)O)C(Cc2ccc(F)cc2Br)C1. The van der Waals surface area contributed by atoms with Gasteiger partial charge in [0.25, 0.3) is 0 Å². The second-order valence-electron chi connectivity index (χ2n) is 6.11. The van der Waals surface area contributed by atoms with Crippen LogP contribution in [-0.4, -0.2) is 11.1 Å². The van der Waals surface area contributed by atoms with Crippen molar-refractivity contribution < 1.29 is 14.3 Å². The van der Waals surface area contributed by atoms with E-state index in [9.17, 15) is 14.3 Å². The summed E-state index contributed by atoms with van der Waals surface area (Å²) in [5.74, 6) is -0.444. The molecule has 2 nitrogen and oxygen atoms in total. The molecule has 0 saturated heterocycles. The fourth-order valence-corrected chi connectivity index (χ4v) is 4.06. The van der Waals surface area contributed by atoms with E-state index in [4.69, 9.17) is 0 Å². The fourth-order valence-electron chi connectivity index (χ4n) is 3.55. The smallest absolute Gasteiger partial charge is 0.306 e. The van der Waals surface area contributed by atoms with Crippen LogP contribution in [-0.2, 0) is 11.2 Å². The van der Waals surface area contributed by atoms with Gasteiger partial charge in [0, 0.05) is 4.47 Å². The number of carbonyl (C=O) groups is 1. The van der Waals surface area contributed by atoms with Crippen molar-refractivity contribution in [2.24, 2.45) is 17.8 Å². The van der Waals surface area contributed by atoms with Crippen LogP contribution in [0.2, 0.25) is 0 Å². The first-order valence-electron chi connectivity index (χ1n) is 7.68. The van der Waals surface area contributed by atoms with Gasteiger partial charge in [0.15, 0.2) is 0 Å². The topological polar surface area (TPSA) is 37.3 Å². The molecule has 1 saturated carbocycles. The summed E-state index contributed by atoms with van der Waals surface area (Å²) < 4.78 is 13.9. The predicted molar refractivity (Wildman–Crippen MR) is 84.7 cm³/mol. The molecule has 0 aromatic heterocycles. The third kappa shape index (κ3) is 4.29. The molecule has 0 spiro atoms. The lowest BCUT2D eigenvalue weighted by molar-refractivity contribution is -0.145. The lowest BCUT2D eigenvalue weighted by atomic mass is 9.70. The number of benzene rings is 1. The first-order valence-corrected chi connectivity index (χ1v) is 8.47. The first-order chi connectivity index (χ1) is 10.0. The molecule has 1 aliphatic rings. The van der Waals surface area contributed by atoms with Crippen LogP contribution in [0.5, 0.6) is 0 Å². The molecule has 1 N–H and O–H groups in total. The zero-order valence-corrected chi connectivity index (χ0v) is 13.9. The van der Waals surface area contributed by atoms with E-state index in [0.717, 1.165) is 35.7 Å². The van der Waals surface area contributed by atoms with E-state index in [1.807, 2.05) is 0 Å². The monoisotopic (exact) mass is 356 g/mol. The molecule has 2 rings (SSSR count). The predicted octanol–water partition coefficient (Wildman–Crippen LogP) is 5.05. The van der Waals surface area contributed by atoms with Crippen molar-refractivity contribution in [3.8, 4) is 0 Å². The molecule has 21 heavy (non-hydrogen) atoms. The van der Waals surface area contributed by atoms with Crippen molar-refractivity contribution >= 4 is 21.9 Å². The second kappa shape index (κ2) is 7.39. The lowest BCUT2D eigenvalue weighted by Crippen LogP contribution is -2.32. The van der Waals surface area contributed by atoms with E-state index < -0.39 is 5.97 Å². The van der Waals surface area contributed by atoms with E-state index >= 15 is 0 Å². The molecule has 1 aromatic carbocycles. The minimum atomic E-state index is -0.687. The molecule has 1 aromatic rings. The van der Waals surface area contributed by atoms with Gasteiger partial charge in [-0.2, -0.15) is 0 Å². The van der Waals surface area contributed by atoms with Crippen molar-refractivity contribution in [1.82, 2.24) is 0 Å². The maximum Gasteiger partial charge on any atom is 0.306 e. The standard InChI is InChI=1S/C17H22BrFO2/c1-2-3-11-4-7-15(17(20)21)13(8-11)9-12-5-6-14(19)10-16(12)18/h5-6,10-11,13,15H,2-4,7-9H2,1H3,(H,20,21). The number of carboxylic acids is 1. The lowest BCUT2D eigenvalue weighted by Gasteiger charge is -2.34. The molecule has 0 aliphatic heterocycles. The van der Waals surface area contributed by atoms with Crippen molar-refractivity contribution in [3.63, 3.8) is 0 Å². The van der Waals surface area contributed by atoms with Crippen LogP contribution in [0.4, 0.5) is 4.39 Å². The quantitative estimate of drug-likeness (QED) is 0.801. The van der Waals surface area contributed by atoms with E-state index in [-0.39, 0.29) is 17.7 Å². The van der Waals surface area contributed by atoms with E-state index in [1.165, 1.54) is 18.6 Å². The van der Waals surface area contributed by atoms with Crippen LogP contribution in [0.3, 0.4) is 0 Å². The van der Waals surface area contributed by atoms with Crippen LogP contribution >= 0.6 is 15.9 Å². The van der Waals surface area contributed by atoms with Gasteiger partial charge >= 0.3 is 5.97 Å². The average Bonchev–Trinajstić information content (AvgIpc) is 2.42. The molecule has 0 heterocycles. The van der Waals surface area contributed by atoms with E-state index in [0.29, 0.717) is 12.3 Å². The van der Waals surface area contributed by atoms with Crippen LogP contribution in [0.1, 0.15) is 44.6 Å². The Labute approximate surface area is 133 Å². The summed E-state index contributed by atoms with van der Waals surface area (Å²) in [5.41, 5.74) is 1.00. The molecule has 3 unspecified atom stereocenters. The van der Waals surface area contributed by atoms with Gasteiger partial charge in [0.2, 0.25) is 0 Å². The summed E-state index contributed by atoms with van der Waals surface area (Å²) in [7, 11) is 0. The zero-order valence-electron chi connectivity index (χ0n) is 12.3. The summed E-state index contributed by atoms with van der Waals surface area (Å²) in [4.78, 5) is 11.5. The van der Waals surface area contributed by atoms with Gasteiger partial charge in [-0.05, 0) is 55.2 Å². The van der Waals surface area contributed by atoms with Crippen LogP contribution < -0.4 is 0 Å². The zero-order chi connectivity index (χ0) is 15.4. The molecule has 1 fully saturated rings. The summed E-state index contributed by atoms with van der Waals surface area (Å²) in [6, 6.07) is 4.67. The van der Waals surface area contributed by atoms with E-state index in [1.54, 1.807) is 6.07 Å². The van der Waals surface area contributed by atoms with Gasteiger partial charge in [-0.1, -0.05) is 41.8 Å². The molecule has 1 aliphatic carbocycles. The Hall–Kier alpha value is -0.900. The largest absolute Gasteiger partial charge is 0.481 e. The molecule has 3 atom stereocenters. The maximum atomic E-state index is 13.2.